The number of aromatic nitrogens is 1. The fourth-order valence-electron chi connectivity index (χ4n) is 2.07. The van der Waals surface area contributed by atoms with Gasteiger partial charge in [0.15, 0.2) is 0 Å². The highest BCUT2D eigenvalue weighted by Crippen LogP contribution is 2.20. The Hall–Kier alpha value is -2.66. The second kappa shape index (κ2) is 6.62. The van der Waals surface area contributed by atoms with Crippen molar-refractivity contribution in [3.63, 3.8) is 0 Å². The fourth-order valence-corrected chi connectivity index (χ4v) is 2.27. The zero-order chi connectivity index (χ0) is 16.2. The smallest absolute Gasteiger partial charge is 0.290 e. The van der Waals surface area contributed by atoms with E-state index in [1.165, 1.54) is 18.2 Å². The molecule has 2 aromatic carbocycles. The van der Waals surface area contributed by atoms with Gasteiger partial charge in [0.2, 0.25) is 5.76 Å². The van der Waals surface area contributed by atoms with E-state index in [1.54, 1.807) is 18.2 Å². The Morgan fingerprint density at radius 2 is 2.00 bits per heavy atom. The van der Waals surface area contributed by atoms with Gasteiger partial charge >= 0.3 is 0 Å². The van der Waals surface area contributed by atoms with Gasteiger partial charge in [-0.3, -0.25) is 4.79 Å². The number of amides is 1. The number of halogens is 2. The third-order valence-electron chi connectivity index (χ3n) is 3.25. The SMILES string of the molecule is O=C(NCc1ccccc1Cl)c1cc(-c2cccc(F)c2)no1. The summed E-state index contributed by atoms with van der Waals surface area (Å²) < 4.78 is 18.2. The minimum absolute atomic E-state index is 0.0521. The van der Waals surface area contributed by atoms with Gasteiger partial charge in [0.25, 0.3) is 5.91 Å². The van der Waals surface area contributed by atoms with Crippen LogP contribution in [0.25, 0.3) is 11.3 Å². The van der Waals surface area contributed by atoms with E-state index in [-0.39, 0.29) is 18.1 Å². The van der Waals surface area contributed by atoms with Crippen molar-refractivity contribution in [3.8, 4) is 11.3 Å². The predicted molar refractivity (Wildman–Crippen MR) is 84.5 cm³/mol. The second-order valence-corrected chi connectivity index (χ2v) is 5.27. The van der Waals surface area contributed by atoms with Crippen LogP contribution < -0.4 is 5.32 Å². The van der Waals surface area contributed by atoms with Gasteiger partial charge in [0, 0.05) is 23.2 Å². The van der Waals surface area contributed by atoms with Crippen LogP contribution in [-0.4, -0.2) is 11.1 Å². The predicted octanol–water partition coefficient (Wildman–Crippen LogP) is 4.06. The zero-order valence-corrected chi connectivity index (χ0v) is 12.7. The van der Waals surface area contributed by atoms with Crippen molar-refractivity contribution in [2.45, 2.75) is 6.54 Å². The molecular formula is C17H12ClFN2O2. The van der Waals surface area contributed by atoms with E-state index in [0.717, 1.165) is 5.56 Å². The molecule has 0 aliphatic heterocycles. The Balaban J connectivity index is 1.70. The molecule has 1 heterocycles. The standard InChI is InChI=1S/C17H12ClFN2O2/c18-14-7-2-1-4-12(14)10-20-17(22)16-9-15(21-23-16)11-5-3-6-13(19)8-11/h1-9H,10H2,(H,20,22). The van der Waals surface area contributed by atoms with Crippen LogP contribution in [0.3, 0.4) is 0 Å². The number of hydrogen-bond acceptors (Lipinski definition) is 3. The minimum atomic E-state index is -0.417. The third-order valence-corrected chi connectivity index (χ3v) is 3.62. The normalized spacial score (nSPS) is 10.5. The highest BCUT2D eigenvalue weighted by molar-refractivity contribution is 6.31. The first-order valence-corrected chi connectivity index (χ1v) is 7.25. The molecule has 0 saturated carbocycles. The molecule has 0 radical (unpaired) electrons. The van der Waals surface area contributed by atoms with Crippen molar-refractivity contribution < 1.29 is 13.7 Å². The summed E-state index contributed by atoms with van der Waals surface area (Å²) in [5.41, 5.74) is 1.73. The van der Waals surface area contributed by atoms with Gasteiger partial charge in [-0.1, -0.05) is 47.1 Å². The summed E-state index contributed by atoms with van der Waals surface area (Å²) in [6, 6.07) is 14.6. The number of carbonyl (C=O) groups is 1. The summed E-state index contributed by atoms with van der Waals surface area (Å²) in [6.45, 7) is 0.272. The van der Waals surface area contributed by atoms with Gasteiger partial charge in [-0.05, 0) is 23.8 Å². The van der Waals surface area contributed by atoms with Crippen molar-refractivity contribution >= 4 is 17.5 Å². The molecule has 0 atom stereocenters. The topological polar surface area (TPSA) is 55.1 Å². The first-order valence-electron chi connectivity index (χ1n) is 6.88. The summed E-state index contributed by atoms with van der Waals surface area (Å²) in [6.07, 6.45) is 0. The second-order valence-electron chi connectivity index (χ2n) is 4.86. The maximum absolute atomic E-state index is 13.2. The highest BCUT2D eigenvalue weighted by Gasteiger charge is 2.14. The molecular weight excluding hydrogens is 319 g/mol. The average Bonchev–Trinajstić information content (AvgIpc) is 3.04. The van der Waals surface area contributed by atoms with E-state index in [2.05, 4.69) is 10.5 Å². The monoisotopic (exact) mass is 330 g/mol. The van der Waals surface area contributed by atoms with E-state index >= 15 is 0 Å². The maximum atomic E-state index is 13.2. The largest absolute Gasteiger partial charge is 0.350 e. The number of carbonyl (C=O) groups excluding carboxylic acids is 1. The molecule has 0 unspecified atom stereocenters. The van der Waals surface area contributed by atoms with Crippen molar-refractivity contribution in [1.82, 2.24) is 10.5 Å². The Morgan fingerprint density at radius 3 is 2.78 bits per heavy atom. The third kappa shape index (κ3) is 3.57. The molecule has 0 aliphatic rings. The van der Waals surface area contributed by atoms with Gasteiger partial charge in [-0.15, -0.1) is 0 Å². The lowest BCUT2D eigenvalue weighted by Crippen LogP contribution is -2.22. The van der Waals surface area contributed by atoms with Crippen LogP contribution in [0.2, 0.25) is 5.02 Å². The van der Waals surface area contributed by atoms with Gasteiger partial charge in [-0.25, -0.2) is 4.39 Å². The van der Waals surface area contributed by atoms with Crippen LogP contribution in [0.5, 0.6) is 0 Å². The molecule has 23 heavy (non-hydrogen) atoms. The van der Waals surface area contributed by atoms with E-state index < -0.39 is 5.91 Å². The minimum Gasteiger partial charge on any atom is -0.350 e. The fraction of sp³-hybridized carbons (Fsp3) is 0.0588. The lowest BCUT2D eigenvalue weighted by atomic mass is 10.1. The first-order chi connectivity index (χ1) is 11.1. The molecule has 1 aromatic heterocycles. The summed E-state index contributed by atoms with van der Waals surface area (Å²) in [5, 5.41) is 7.07. The van der Waals surface area contributed by atoms with Gasteiger partial charge in [-0.2, -0.15) is 0 Å². The quantitative estimate of drug-likeness (QED) is 0.784. The van der Waals surface area contributed by atoms with Crippen LogP contribution in [0.4, 0.5) is 4.39 Å². The van der Waals surface area contributed by atoms with E-state index in [9.17, 15) is 9.18 Å². The van der Waals surface area contributed by atoms with Crippen LogP contribution in [0.15, 0.2) is 59.1 Å². The molecule has 0 saturated heterocycles. The van der Waals surface area contributed by atoms with Gasteiger partial charge in [0.1, 0.15) is 11.5 Å². The summed E-state index contributed by atoms with van der Waals surface area (Å²) in [4.78, 5) is 12.1. The Kier molecular flexibility index (Phi) is 4.39. The highest BCUT2D eigenvalue weighted by atomic mass is 35.5. The maximum Gasteiger partial charge on any atom is 0.290 e. The van der Waals surface area contributed by atoms with E-state index in [1.807, 2.05) is 18.2 Å². The van der Waals surface area contributed by atoms with Crippen LogP contribution in [-0.2, 0) is 6.54 Å². The van der Waals surface area contributed by atoms with Gasteiger partial charge < -0.3 is 9.84 Å². The Labute approximate surface area is 136 Å². The van der Waals surface area contributed by atoms with Crippen molar-refractivity contribution in [3.05, 3.63) is 76.8 Å². The van der Waals surface area contributed by atoms with Crippen molar-refractivity contribution in [2.24, 2.45) is 0 Å². The molecule has 4 nitrogen and oxygen atoms in total. The van der Waals surface area contributed by atoms with Crippen LogP contribution in [0.1, 0.15) is 16.1 Å². The summed E-state index contributed by atoms with van der Waals surface area (Å²) >= 11 is 6.03. The molecule has 3 aromatic rings. The van der Waals surface area contributed by atoms with Gasteiger partial charge in [0.05, 0.1) is 0 Å². The first kappa shape index (κ1) is 15.2. The number of rotatable bonds is 4. The molecule has 116 valence electrons. The number of nitrogens with one attached hydrogen (secondary N) is 1. The Morgan fingerprint density at radius 1 is 1.17 bits per heavy atom. The lowest BCUT2D eigenvalue weighted by Gasteiger charge is -2.04. The zero-order valence-electron chi connectivity index (χ0n) is 11.9. The molecule has 0 spiro atoms. The summed E-state index contributed by atoms with van der Waals surface area (Å²) in [5.74, 6) is -0.744. The number of nitrogens with zero attached hydrogens (tertiary/aromatic N) is 1. The molecule has 1 amide bonds. The number of benzene rings is 2. The molecule has 1 N–H and O–H groups in total. The van der Waals surface area contributed by atoms with Crippen molar-refractivity contribution in [2.75, 3.05) is 0 Å². The molecule has 6 heteroatoms. The van der Waals surface area contributed by atoms with E-state index in [4.69, 9.17) is 16.1 Å². The van der Waals surface area contributed by atoms with E-state index in [0.29, 0.717) is 16.3 Å². The van der Waals surface area contributed by atoms with Crippen LogP contribution in [0, 0.1) is 5.82 Å². The molecule has 0 bridgehead atoms. The molecule has 0 fully saturated rings. The average molecular weight is 331 g/mol. The van der Waals surface area contributed by atoms with Crippen molar-refractivity contribution in [1.29, 1.82) is 0 Å². The molecule has 3 rings (SSSR count). The van der Waals surface area contributed by atoms with Crippen LogP contribution >= 0.6 is 11.6 Å². The Bertz CT molecular complexity index is 848. The lowest BCUT2D eigenvalue weighted by molar-refractivity contribution is 0.0914. The summed E-state index contributed by atoms with van der Waals surface area (Å²) in [7, 11) is 0. The number of hydrogen-bond donors (Lipinski definition) is 1. The molecule has 0 aliphatic carbocycles.